The lowest BCUT2D eigenvalue weighted by Crippen LogP contribution is -2.47. The first kappa shape index (κ1) is 20.2. The molecule has 7 nitrogen and oxygen atoms in total. The van der Waals surface area contributed by atoms with Gasteiger partial charge in [0.25, 0.3) is 0 Å². The van der Waals surface area contributed by atoms with E-state index in [1.165, 1.54) is 12.5 Å². The molecule has 0 radical (unpaired) electrons. The first-order valence-corrected chi connectivity index (χ1v) is 10.2. The van der Waals surface area contributed by atoms with Crippen LogP contribution in [0.4, 0.5) is 0 Å². The van der Waals surface area contributed by atoms with Crippen LogP contribution in [0.2, 0.25) is 0 Å². The minimum Gasteiger partial charge on any atom is -0.465 e. The van der Waals surface area contributed by atoms with Gasteiger partial charge in [-0.15, -0.1) is 0 Å². The van der Waals surface area contributed by atoms with Crippen molar-refractivity contribution >= 4 is 23.8 Å². The van der Waals surface area contributed by atoms with E-state index >= 15 is 0 Å². The maximum absolute atomic E-state index is 12.2. The maximum atomic E-state index is 12.2. The Balaban J connectivity index is 1.34. The summed E-state index contributed by atoms with van der Waals surface area (Å²) in [6.07, 6.45) is 11.7. The monoisotopic (exact) mass is 387 g/mol. The molecule has 1 saturated carbocycles. The van der Waals surface area contributed by atoms with Gasteiger partial charge in [0.1, 0.15) is 5.76 Å². The van der Waals surface area contributed by atoms with E-state index in [1.54, 1.807) is 29.4 Å². The highest BCUT2D eigenvalue weighted by Crippen LogP contribution is 2.18. The van der Waals surface area contributed by atoms with E-state index in [0.29, 0.717) is 25.4 Å². The van der Waals surface area contributed by atoms with Crippen LogP contribution in [0.5, 0.6) is 0 Å². The van der Waals surface area contributed by atoms with Crippen LogP contribution in [0.3, 0.4) is 0 Å². The Kier molecular flexibility index (Phi) is 7.28. The van der Waals surface area contributed by atoms with Crippen molar-refractivity contribution < 1.29 is 18.8 Å². The van der Waals surface area contributed by atoms with Crippen LogP contribution >= 0.6 is 0 Å². The summed E-state index contributed by atoms with van der Waals surface area (Å²) in [5.41, 5.74) is 0. The van der Waals surface area contributed by atoms with Crippen molar-refractivity contribution in [1.29, 1.82) is 0 Å². The van der Waals surface area contributed by atoms with Crippen LogP contribution in [-0.2, 0) is 14.4 Å². The summed E-state index contributed by atoms with van der Waals surface area (Å²) < 4.78 is 5.18. The van der Waals surface area contributed by atoms with Crippen molar-refractivity contribution in [3.63, 3.8) is 0 Å². The average molecular weight is 387 g/mol. The molecule has 2 N–H and O–H groups in total. The fourth-order valence-electron chi connectivity index (χ4n) is 3.82. The second kappa shape index (κ2) is 10.1. The van der Waals surface area contributed by atoms with E-state index < -0.39 is 11.8 Å². The zero-order valence-electron chi connectivity index (χ0n) is 16.2. The van der Waals surface area contributed by atoms with Gasteiger partial charge in [0.15, 0.2) is 0 Å². The average Bonchev–Trinajstić information content (AvgIpc) is 3.25. The summed E-state index contributed by atoms with van der Waals surface area (Å²) in [6.45, 7) is 1.77. The fraction of sp³-hybridized carbons (Fsp3) is 0.571. The predicted molar refractivity (Wildman–Crippen MR) is 105 cm³/mol. The van der Waals surface area contributed by atoms with E-state index in [1.807, 2.05) is 0 Å². The number of furan rings is 1. The number of hydrogen-bond donors (Lipinski definition) is 2. The molecule has 1 saturated heterocycles. The van der Waals surface area contributed by atoms with Gasteiger partial charge in [0.05, 0.1) is 6.26 Å². The molecule has 0 atom stereocenters. The van der Waals surface area contributed by atoms with Crippen molar-refractivity contribution in [2.24, 2.45) is 5.92 Å². The van der Waals surface area contributed by atoms with Gasteiger partial charge >= 0.3 is 11.8 Å². The molecule has 28 heavy (non-hydrogen) atoms. The van der Waals surface area contributed by atoms with Gasteiger partial charge < -0.3 is 20.0 Å². The molecule has 3 amide bonds. The number of carbonyl (C=O) groups is 3. The van der Waals surface area contributed by atoms with Gasteiger partial charge in [-0.05, 0) is 49.8 Å². The normalized spacial score (nSPS) is 18.9. The van der Waals surface area contributed by atoms with Gasteiger partial charge in [-0.3, -0.25) is 14.4 Å². The van der Waals surface area contributed by atoms with Crippen molar-refractivity contribution in [2.75, 3.05) is 19.6 Å². The zero-order valence-corrected chi connectivity index (χ0v) is 16.2. The fourth-order valence-corrected chi connectivity index (χ4v) is 3.82. The number of hydrogen-bond acceptors (Lipinski definition) is 4. The van der Waals surface area contributed by atoms with Crippen LogP contribution in [0.1, 0.15) is 50.7 Å². The van der Waals surface area contributed by atoms with Gasteiger partial charge in [-0.1, -0.05) is 19.3 Å². The highest BCUT2D eigenvalue weighted by molar-refractivity contribution is 6.35. The first-order chi connectivity index (χ1) is 13.6. The molecule has 1 aromatic rings. The first-order valence-electron chi connectivity index (χ1n) is 10.2. The standard InChI is InChI=1S/C21H29N3O4/c25-19(9-8-18-7-4-14-28-18)24-12-10-16(11-13-24)15-22-20(26)21(27)23-17-5-2-1-3-6-17/h4,7-9,14,16-17H,1-3,5-6,10-13,15H2,(H,22,26)(H,23,27)/b9-8+. The molecule has 0 aromatic carbocycles. The molecule has 0 bridgehead atoms. The Morgan fingerprint density at radius 2 is 1.82 bits per heavy atom. The third-order valence-electron chi connectivity index (χ3n) is 5.56. The van der Waals surface area contributed by atoms with Crippen LogP contribution < -0.4 is 10.6 Å². The number of likely N-dealkylation sites (tertiary alicyclic amines) is 1. The Morgan fingerprint density at radius 3 is 2.50 bits per heavy atom. The van der Waals surface area contributed by atoms with Crippen LogP contribution in [-0.4, -0.2) is 48.3 Å². The van der Waals surface area contributed by atoms with Gasteiger partial charge in [-0.2, -0.15) is 0 Å². The minimum atomic E-state index is -0.550. The largest absolute Gasteiger partial charge is 0.465 e. The summed E-state index contributed by atoms with van der Waals surface area (Å²) >= 11 is 0. The molecule has 152 valence electrons. The number of rotatable bonds is 5. The molecule has 0 spiro atoms. The Hall–Kier alpha value is -2.57. The van der Waals surface area contributed by atoms with E-state index in [4.69, 9.17) is 4.42 Å². The summed E-state index contributed by atoms with van der Waals surface area (Å²) in [7, 11) is 0. The van der Waals surface area contributed by atoms with Crippen LogP contribution in [0, 0.1) is 5.92 Å². The molecule has 2 fully saturated rings. The number of carbonyl (C=O) groups excluding carboxylic acids is 3. The molecule has 7 heteroatoms. The number of nitrogens with one attached hydrogen (secondary N) is 2. The summed E-state index contributed by atoms with van der Waals surface area (Å²) in [4.78, 5) is 38.0. The minimum absolute atomic E-state index is 0.0363. The van der Waals surface area contributed by atoms with Gasteiger partial charge in [-0.25, -0.2) is 0 Å². The van der Waals surface area contributed by atoms with Crippen LogP contribution in [0.25, 0.3) is 6.08 Å². The quantitative estimate of drug-likeness (QED) is 0.598. The third kappa shape index (κ3) is 5.97. The smallest absolute Gasteiger partial charge is 0.309 e. The second-order valence-corrected chi connectivity index (χ2v) is 7.64. The van der Waals surface area contributed by atoms with E-state index in [-0.39, 0.29) is 17.9 Å². The van der Waals surface area contributed by atoms with E-state index in [9.17, 15) is 14.4 Å². The molecule has 1 aliphatic carbocycles. The van der Waals surface area contributed by atoms with Crippen molar-refractivity contribution in [1.82, 2.24) is 15.5 Å². The molecule has 1 aliphatic heterocycles. The highest BCUT2D eigenvalue weighted by Gasteiger charge is 2.24. The van der Waals surface area contributed by atoms with Crippen LogP contribution in [0.15, 0.2) is 28.9 Å². The lowest BCUT2D eigenvalue weighted by atomic mass is 9.95. The topological polar surface area (TPSA) is 91.7 Å². The Labute approximate surface area is 165 Å². The molecule has 2 aliphatic rings. The Bertz CT molecular complexity index is 685. The number of nitrogens with zero attached hydrogens (tertiary/aromatic N) is 1. The van der Waals surface area contributed by atoms with Crippen molar-refractivity contribution in [3.05, 3.63) is 30.2 Å². The Morgan fingerprint density at radius 1 is 1.07 bits per heavy atom. The zero-order chi connectivity index (χ0) is 19.8. The number of piperidine rings is 1. The van der Waals surface area contributed by atoms with E-state index in [2.05, 4.69) is 10.6 Å². The van der Waals surface area contributed by atoms with Gasteiger partial charge in [0, 0.05) is 31.8 Å². The molecule has 3 rings (SSSR count). The highest BCUT2D eigenvalue weighted by atomic mass is 16.3. The summed E-state index contributed by atoms with van der Waals surface area (Å²) in [5, 5.41) is 5.58. The van der Waals surface area contributed by atoms with Crippen molar-refractivity contribution in [3.8, 4) is 0 Å². The molecule has 0 unspecified atom stereocenters. The molecule has 1 aromatic heterocycles. The van der Waals surface area contributed by atoms with E-state index in [0.717, 1.165) is 38.5 Å². The predicted octanol–water partition coefficient (Wildman–Crippen LogP) is 2.10. The van der Waals surface area contributed by atoms with Gasteiger partial charge in [0.2, 0.25) is 5.91 Å². The van der Waals surface area contributed by atoms with Crippen molar-refractivity contribution in [2.45, 2.75) is 51.0 Å². The third-order valence-corrected chi connectivity index (χ3v) is 5.56. The molecule has 2 heterocycles. The maximum Gasteiger partial charge on any atom is 0.309 e. The molecular weight excluding hydrogens is 358 g/mol. The number of amides is 3. The molecular formula is C21H29N3O4. The SMILES string of the molecule is O=C(NCC1CCN(C(=O)/C=C/c2ccco2)CC1)C(=O)NC1CCCCC1. The second-order valence-electron chi connectivity index (χ2n) is 7.64. The summed E-state index contributed by atoms with van der Waals surface area (Å²) in [5.74, 6) is -0.180. The summed E-state index contributed by atoms with van der Waals surface area (Å²) in [6, 6.07) is 3.71. The lowest BCUT2D eigenvalue weighted by molar-refractivity contribution is -0.139. The lowest BCUT2D eigenvalue weighted by Gasteiger charge is -2.31.